The van der Waals surface area contributed by atoms with E-state index < -0.39 is 17.2 Å². The second-order valence-corrected chi connectivity index (χ2v) is 8.72. The summed E-state index contributed by atoms with van der Waals surface area (Å²) in [5.41, 5.74) is 1.72. The predicted octanol–water partition coefficient (Wildman–Crippen LogP) is 3.14. The number of hydrogen-bond acceptors (Lipinski definition) is 4. The van der Waals surface area contributed by atoms with Crippen molar-refractivity contribution in [2.45, 2.75) is 70.9 Å². The first kappa shape index (κ1) is 20.2. The molecule has 7 heteroatoms. The van der Waals surface area contributed by atoms with Crippen molar-refractivity contribution in [3.05, 3.63) is 35.8 Å². The van der Waals surface area contributed by atoms with Crippen LogP contribution in [0.1, 0.15) is 57.7 Å². The number of nitrogens with zero attached hydrogens (tertiary/aromatic N) is 2. The third-order valence-corrected chi connectivity index (χ3v) is 5.00. The second-order valence-electron chi connectivity index (χ2n) is 8.72. The Bertz CT molecular complexity index is 860. The minimum Gasteiger partial charge on any atom is -0.444 e. The summed E-state index contributed by atoms with van der Waals surface area (Å²) >= 11 is 0. The van der Waals surface area contributed by atoms with Crippen LogP contribution in [0.3, 0.4) is 0 Å². The van der Waals surface area contributed by atoms with E-state index in [0.717, 1.165) is 42.6 Å². The lowest BCUT2D eigenvalue weighted by atomic mass is 9.97. The van der Waals surface area contributed by atoms with E-state index in [1.165, 1.54) is 0 Å². The Labute approximate surface area is 165 Å². The van der Waals surface area contributed by atoms with Gasteiger partial charge in [0.25, 0.3) is 0 Å². The van der Waals surface area contributed by atoms with Gasteiger partial charge in [-0.05, 0) is 52.2 Å². The number of aromatic nitrogens is 2. The summed E-state index contributed by atoms with van der Waals surface area (Å²) in [5, 5.41) is 5.98. The number of aryl methyl sites for hydroxylation is 1. The molecule has 0 unspecified atom stereocenters. The molecule has 28 heavy (non-hydrogen) atoms. The zero-order valence-corrected chi connectivity index (χ0v) is 17.2. The Morgan fingerprint density at radius 2 is 2.00 bits per heavy atom. The van der Waals surface area contributed by atoms with Crippen molar-refractivity contribution in [1.29, 1.82) is 0 Å². The Morgan fingerprint density at radius 1 is 1.29 bits per heavy atom. The maximum Gasteiger partial charge on any atom is 0.407 e. The van der Waals surface area contributed by atoms with Crippen molar-refractivity contribution in [3.8, 4) is 0 Å². The smallest absolute Gasteiger partial charge is 0.407 e. The summed E-state index contributed by atoms with van der Waals surface area (Å²) in [4.78, 5) is 29.3. The van der Waals surface area contributed by atoms with E-state index in [0.29, 0.717) is 6.54 Å². The Morgan fingerprint density at radius 3 is 2.64 bits per heavy atom. The maximum absolute atomic E-state index is 12.7. The average Bonchev–Trinajstić information content (AvgIpc) is 3.19. The van der Waals surface area contributed by atoms with E-state index in [1.54, 1.807) is 0 Å². The molecule has 0 aromatic carbocycles. The molecule has 0 aliphatic heterocycles. The standard InChI is InChI=1S/C21H30N4O3/c1-15-8-7-11-25-13-16(23-18(15)25)12-17(26)24-21(9-5-6-10-21)14-22-19(27)28-20(2,3)4/h7-8,11,13H,5-6,9-10,12,14H2,1-4H3,(H,22,27)(H,24,26). The molecule has 0 atom stereocenters. The summed E-state index contributed by atoms with van der Waals surface area (Å²) < 4.78 is 7.25. The van der Waals surface area contributed by atoms with Crippen LogP contribution in [0.5, 0.6) is 0 Å². The molecule has 3 rings (SSSR count). The van der Waals surface area contributed by atoms with Crippen LogP contribution in [-0.2, 0) is 16.0 Å². The molecule has 7 nitrogen and oxygen atoms in total. The fourth-order valence-corrected chi connectivity index (χ4v) is 3.75. The maximum atomic E-state index is 12.7. The molecule has 1 fully saturated rings. The minimum atomic E-state index is -0.544. The third-order valence-electron chi connectivity index (χ3n) is 5.00. The Balaban J connectivity index is 1.62. The molecule has 1 aliphatic rings. The number of nitrogens with one attached hydrogen (secondary N) is 2. The molecule has 0 saturated heterocycles. The number of pyridine rings is 1. The fourth-order valence-electron chi connectivity index (χ4n) is 3.75. The highest BCUT2D eigenvalue weighted by atomic mass is 16.6. The van der Waals surface area contributed by atoms with Gasteiger partial charge in [0.2, 0.25) is 5.91 Å². The lowest BCUT2D eigenvalue weighted by molar-refractivity contribution is -0.122. The molecule has 2 heterocycles. The number of carbonyl (C=O) groups is 2. The molecule has 2 aromatic heterocycles. The number of rotatable bonds is 5. The second kappa shape index (κ2) is 7.81. The predicted molar refractivity (Wildman–Crippen MR) is 107 cm³/mol. The van der Waals surface area contributed by atoms with E-state index in [4.69, 9.17) is 4.74 Å². The van der Waals surface area contributed by atoms with Crippen molar-refractivity contribution in [1.82, 2.24) is 20.0 Å². The summed E-state index contributed by atoms with van der Waals surface area (Å²) in [6, 6.07) is 3.96. The van der Waals surface area contributed by atoms with Crippen molar-refractivity contribution < 1.29 is 14.3 Å². The van der Waals surface area contributed by atoms with Gasteiger partial charge in [0, 0.05) is 18.9 Å². The molecule has 2 amide bonds. The van der Waals surface area contributed by atoms with Crippen LogP contribution < -0.4 is 10.6 Å². The highest BCUT2D eigenvalue weighted by Crippen LogP contribution is 2.29. The SMILES string of the molecule is Cc1cccn2cc(CC(=O)NC3(CNC(=O)OC(C)(C)C)CCCC3)nc12. The molecule has 2 aromatic rings. The fraction of sp³-hybridized carbons (Fsp3) is 0.571. The first-order valence-electron chi connectivity index (χ1n) is 9.87. The number of ether oxygens (including phenoxy) is 1. The summed E-state index contributed by atoms with van der Waals surface area (Å²) in [6.45, 7) is 7.86. The van der Waals surface area contributed by atoms with Crippen molar-refractivity contribution >= 4 is 17.6 Å². The van der Waals surface area contributed by atoms with Crippen LogP contribution in [0.15, 0.2) is 24.5 Å². The summed E-state index contributed by atoms with van der Waals surface area (Å²) in [5.74, 6) is -0.0750. The van der Waals surface area contributed by atoms with Crippen LogP contribution >= 0.6 is 0 Å². The van der Waals surface area contributed by atoms with Crippen molar-refractivity contribution in [2.24, 2.45) is 0 Å². The van der Waals surface area contributed by atoms with Crippen LogP contribution in [0.4, 0.5) is 4.79 Å². The lowest BCUT2D eigenvalue weighted by Crippen LogP contribution is -2.54. The largest absolute Gasteiger partial charge is 0.444 e. The van der Waals surface area contributed by atoms with Gasteiger partial charge in [-0.25, -0.2) is 9.78 Å². The first-order chi connectivity index (χ1) is 13.2. The van der Waals surface area contributed by atoms with E-state index in [9.17, 15) is 9.59 Å². The Hall–Kier alpha value is -2.57. The van der Waals surface area contributed by atoms with Crippen LogP contribution in [0.2, 0.25) is 0 Å². The number of amides is 2. The Kier molecular flexibility index (Phi) is 5.63. The normalized spacial score (nSPS) is 16.1. The lowest BCUT2D eigenvalue weighted by Gasteiger charge is -2.31. The monoisotopic (exact) mass is 386 g/mol. The molecule has 0 bridgehead atoms. The van der Waals surface area contributed by atoms with Crippen LogP contribution in [0.25, 0.3) is 5.65 Å². The van der Waals surface area contributed by atoms with Gasteiger partial charge in [0.1, 0.15) is 11.2 Å². The molecular weight excluding hydrogens is 356 g/mol. The van der Waals surface area contributed by atoms with Crippen molar-refractivity contribution in [3.63, 3.8) is 0 Å². The summed E-state index contributed by atoms with van der Waals surface area (Å²) in [6.07, 6.45) is 7.34. The van der Waals surface area contributed by atoms with E-state index >= 15 is 0 Å². The van der Waals surface area contributed by atoms with Gasteiger partial charge in [0.15, 0.2) is 0 Å². The molecule has 152 valence electrons. The van der Waals surface area contributed by atoms with Gasteiger partial charge in [-0.1, -0.05) is 18.9 Å². The van der Waals surface area contributed by atoms with Gasteiger partial charge < -0.3 is 19.8 Å². The number of fused-ring (bicyclic) bond motifs is 1. The molecule has 0 radical (unpaired) electrons. The summed E-state index contributed by atoms with van der Waals surface area (Å²) in [7, 11) is 0. The van der Waals surface area contributed by atoms with Crippen LogP contribution in [-0.4, -0.2) is 39.1 Å². The van der Waals surface area contributed by atoms with Gasteiger partial charge in [-0.3, -0.25) is 4.79 Å². The van der Waals surface area contributed by atoms with E-state index in [2.05, 4.69) is 15.6 Å². The average molecular weight is 386 g/mol. The topological polar surface area (TPSA) is 84.7 Å². The molecule has 1 aliphatic carbocycles. The number of imidazole rings is 1. The minimum absolute atomic E-state index is 0.0750. The number of carbonyl (C=O) groups excluding carboxylic acids is 2. The zero-order chi connectivity index (χ0) is 20.4. The molecule has 2 N–H and O–H groups in total. The van der Waals surface area contributed by atoms with Gasteiger partial charge in [-0.15, -0.1) is 0 Å². The van der Waals surface area contributed by atoms with Gasteiger partial charge in [-0.2, -0.15) is 0 Å². The van der Waals surface area contributed by atoms with Gasteiger partial charge in [0.05, 0.1) is 17.7 Å². The van der Waals surface area contributed by atoms with Crippen molar-refractivity contribution in [2.75, 3.05) is 6.54 Å². The highest BCUT2D eigenvalue weighted by molar-refractivity contribution is 5.79. The zero-order valence-electron chi connectivity index (χ0n) is 17.2. The van der Waals surface area contributed by atoms with E-state index in [-0.39, 0.29) is 12.3 Å². The number of alkyl carbamates (subject to hydrolysis) is 1. The number of hydrogen-bond donors (Lipinski definition) is 2. The third kappa shape index (κ3) is 5.03. The van der Waals surface area contributed by atoms with Crippen LogP contribution in [0, 0.1) is 6.92 Å². The molecular formula is C21H30N4O3. The van der Waals surface area contributed by atoms with E-state index in [1.807, 2.05) is 56.6 Å². The quantitative estimate of drug-likeness (QED) is 0.827. The first-order valence-corrected chi connectivity index (χ1v) is 9.87. The highest BCUT2D eigenvalue weighted by Gasteiger charge is 2.36. The molecule has 0 spiro atoms. The van der Waals surface area contributed by atoms with Gasteiger partial charge >= 0.3 is 6.09 Å². The molecule has 1 saturated carbocycles.